The maximum Gasteiger partial charge on any atom is 0.157 e. The van der Waals surface area contributed by atoms with Crippen LogP contribution < -0.4 is 15.5 Å². The summed E-state index contributed by atoms with van der Waals surface area (Å²) in [6.07, 6.45) is 1.40. The van der Waals surface area contributed by atoms with Gasteiger partial charge in [0.25, 0.3) is 0 Å². The van der Waals surface area contributed by atoms with Gasteiger partial charge in [0.1, 0.15) is 17.8 Å². The maximum atomic E-state index is 13.8. The Morgan fingerprint density at radius 1 is 1.05 bits per heavy atom. The van der Waals surface area contributed by atoms with Crippen LogP contribution in [0, 0.1) is 5.82 Å². The third-order valence-corrected chi connectivity index (χ3v) is 3.89. The van der Waals surface area contributed by atoms with Crippen molar-refractivity contribution in [2.24, 2.45) is 0 Å². The van der Waals surface area contributed by atoms with Gasteiger partial charge in [0, 0.05) is 26.2 Å². The molecular weight excluding hydrogens is 293 g/mol. The van der Waals surface area contributed by atoms with Crippen molar-refractivity contribution in [2.45, 2.75) is 0 Å². The number of nitrogens with zero attached hydrogens (tertiary/aromatic N) is 4. The van der Waals surface area contributed by atoms with Gasteiger partial charge in [-0.25, -0.2) is 14.4 Å². The summed E-state index contributed by atoms with van der Waals surface area (Å²) in [4.78, 5) is 12.1. The molecule has 0 spiro atoms. The summed E-state index contributed by atoms with van der Waals surface area (Å²) in [6, 6.07) is 6.80. The van der Waals surface area contributed by atoms with Gasteiger partial charge in [0.05, 0.1) is 5.69 Å². The van der Waals surface area contributed by atoms with E-state index >= 15 is 0 Å². The molecule has 1 aromatic heterocycles. The SMILES string of the molecule is Nc1c(Cl)ncnc1N1CCN(c2ccccc2F)CC1. The molecule has 0 bridgehead atoms. The van der Waals surface area contributed by atoms with Crippen molar-refractivity contribution < 1.29 is 4.39 Å². The second-order valence-electron chi connectivity index (χ2n) is 4.83. The summed E-state index contributed by atoms with van der Waals surface area (Å²) < 4.78 is 13.8. The second kappa shape index (κ2) is 5.73. The van der Waals surface area contributed by atoms with E-state index in [2.05, 4.69) is 9.97 Å². The summed E-state index contributed by atoms with van der Waals surface area (Å²) >= 11 is 5.92. The topological polar surface area (TPSA) is 58.3 Å². The number of para-hydroxylation sites is 1. The van der Waals surface area contributed by atoms with Crippen LogP contribution in [0.15, 0.2) is 30.6 Å². The molecule has 1 fully saturated rings. The van der Waals surface area contributed by atoms with Crippen LogP contribution >= 0.6 is 11.6 Å². The van der Waals surface area contributed by atoms with Crippen LogP contribution in [0.3, 0.4) is 0 Å². The van der Waals surface area contributed by atoms with Crippen LogP contribution in [0.5, 0.6) is 0 Å². The Balaban J connectivity index is 1.74. The molecule has 2 N–H and O–H groups in total. The average molecular weight is 308 g/mol. The largest absolute Gasteiger partial charge is 0.393 e. The van der Waals surface area contributed by atoms with Crippen molar-refractivity contribution in [1.29, 1.82) is 0 Å². The number of anilines is 3. The highest BCUT2D eigenvalue weighted by molar-refractivity contribution is 6.32. The van der Waals surface area contributed by atoms with E-state index in [-0.39, 0.29) is 11.0 Å². The van der Waals surface area contributed by atoms with Crippen LogP contribution in [0.1, 0.15) is 0 Å². The van der Waals surface area contributed by atoms with Gasteiger partial charge in [0.2, 0.25) is 0 Å². The van der Waals surface area contributed by atoms with Gasteiger partial charge in [-0.15, -0.1) is 0 Å². The molecule has 1 aliphatic rings. The average Bonchev–Trinajstić information content (AvgIpc) is 2.51. The normalized spacial score (nSPS) is 15.3. The molecule has 0 unspecified atom stereocenters. The van der Waals surface area contributed by atoms with Gasteiger partial charge < -0.3 is 15.5 Å². The molecule has 1 aliphatic heterocycles. The van der Waals surface area contributed by atoms with E-state index < -0.39 is 0 Å². The summed E-state index contributed by atoms with van der Waals surface area (Å²) in [6.45, 7) is 2.79. The molecule has 21 heavy (non-hydrogen) atoms. The van der Waals surface area contributed by atoms with Crippen molar-refractivity contribution in [1.82, 2.24) is 9.97 Å². The fourth-order valence-electron chi connectivity index (χ4n) is 2.48. The highest BCUT2D eigenvalue weighted by atomic mass is 35.5. The second-order valence-corrected chi connectivity index (χ2v) is 5.19. The predicted molar refractivity (Wildman–Crippen MR) is 82.3 cm³/mol. The highest BCUT2D eigenvalue weighted by Gasteiger charge is 2.22. The standard InChI is InChI=1S/C14H15ClFN5/c15-13-12(17)14(19-9-18-13)21-7-5-20(6-8-21)11-4-2-1-3-10(11)16/h1-4,9H,5-8,17H2. The molecule has 7 heteroatoms. The first-order chi connectivity index (χ1) is 10.2. The van der Waals surface area contributed by atoms with E-state index in [0.29, 0.717) is 43.4 Å². The van der Waals surface area contributed by atoms with Crippen LogP contribution in [0.4, 0.5) is 21.6 Å². The van der Waals surface area contributed by atoms with Gasteiger partial charge in [-0.3, -0.25) is 0 Å². The summed E-state index contributed by atoms with van der Waals surface area (Å²) in [5.74, 6) is 0.443. The minimum atomic E-state index is -0.199. The molecule has 0 saturated carbocycles. The molecule has 2 heterocycles. The number of nitrogens with two attached hydrogens (primary N) is 1. The maximum absolute atomic E-state index is 13.8. The number of aromatic nitrogens is 2. The highest BCUT2D eigenvalue weighted by Crippen LogP contribution is 2.27. The molecule has 1 saturated heterocycles. The molecule has 110 valence electrons. The number of hydrogen-bond donors (Lipinski definition) is 1. The number of benzene rings is 1. The number of hydrogen-bond acceptors (Lipinski definition) is 5. The minimum absolute atomic E-state index is 0.199. The fourth-order valence-corrected chi connectivity index (χ4v) is 2.61. The summed E-state index contributed by atoms with van der Waals surface area (Å²) in [5, 5.41) is 0.261. The van der Waals surface area contributed by atoms with Crippen molar-refractivity contribution in [3.05, 3.63) is 41.6 Å². The van der Waals surface area contributed by atoms with E-state index in [9.17, 15) is 4.39 Å². The van der Waals surface area contributed by atoms with E-state index in [0.717, 1.165) is 0 Å². The Kier molecular flexibility index (Phi) is 3.79. The molecule has 5 nitrogen and oxygen atoms in total. The Morgan fingerprint density at radius 3 is 2.43 bits per heavy atom. The fraction of sp³-hybridized carbons (Fsp3) is 0.286. The zero-order valence-electron chi connectivity index (χ0n) is 11.3. The Labute approximate surface area is 127 Å². The first-order valence-corrected chi connectivity index (χ1v) is 7.05. The zero-order chi connectivity index (χ0) is 14.8. The van der Waals surface area contributed by atoms with Crippen molar-refractivity contribution in [3.8, 4) is 0 Å². The quantitative estimate of drug-likeness (QED) is 0.862. The van der Waals surface area contributed by atoms with Crippen molar-refractivity contribution >= 4 is 28.8 Å². The monoisotopic (exact) mass is 307 g/mol. The Bertz CT molecular complexity index is 643. The van der Waals surface area contributed by atoms with Crippen LogP contribution in [0.2, 0.25) is 5.15 Å². The van der Waals surface area contributed by atoms with E-state index in [1.807, 2.05) is 15.9 Å². The summed E-state index contributed by atoms with van der Waals surface area (Å²) in [5.41, 5.74) is 6.93. The van der Waals surface area contributed by atoms with Crippen LogP contribution in [0.25, 0.3) is 0 Å². The molecule has 0 amide bonds. The van der Waals surface area contributed by atoms with Gasteiger partial charge in [0.15, 0.2) is 11.0 Å². The minimum Gasteiger partial charge on any atom is -0.393 e. The zero-order valence-corrected chi connectivity index (χ0v) is 12.1. The van der Waals surface area contributed by atoms with Gasteiger partial charge in [-0.1, -0.05) is 23.7 Å². The van der Waals surface area contributed by atoms with E-state index in [1.165, 1.54) is 12.4 Å². The van der Waals surface area contributed by atoms with E-state index in [1.54, 1.807) is 12.1 Å². The number of nitrogen functional groups attached to an aromatic ring is 1. The molecule has 0 radical (unpaired) electrons. The Morgan fingerprint density at radius 2 is 1.71 bits per heavy atom. The first kappa shape index (κ1) is 13.9. The number of rotatable bonds is 2. The molecule has 2 aromatic rings. The van der Waals surface area contributed by atoms with Crippen LogP contribution in [-0.4, -0.2) is 36.1 Å². The first-order valence-electron chi connectivity index (χ1n) is 6.67. The van der Waals surface area contributed by atoms with Gasteiger partial charge >= 0.3 is 0 Å². The van der Waals surface area contributed by atoms with Gasteiger partial charge in [-0.05, 0) is 12.1 Å². The third kappa shape index (κ3) is 2.71. The van der Waals surface area contributed by atoms with Gasteiger partial charge in [-0.2, -0.15) is 0 Å². The summed E-state index contributed by atoms with van der Waals surface area (Å²) in [7, 11) is 0. The predicted octanol–water partition coefficient (Wildman–Crippen LogP) is 2.18. The lowest BCUT2D eigenvalue weighted by molar-refractivity contribution is 0.596. The smallest absolute Gasteiger partial charge is 0.157 e. The van der Waals surface area contributed by atoms with E-state index in [4.69, 9.17) is 17.3 Å². The lowest BCUT2D eigenvalue weighted by atomic mass is 10.2. The van der Waals surface area contributed by atoms with Crippen molar-refractivity contribution in [2.75, 3.05) is 41.7 Å². The molecule has 0 atom stereocenters. The van der Waals surface area contributed by atoms with Crippen molar-refractivity contribution in [3.63, 3.8) is 0 Å². The molecule has 0 aliphatic carbocycles. The third-order valence-electron chi connectivity index (χ3n) is 3.59. The molecule has 1 aromatic carbocycles. The van der Waals surface area contributed by atoms with Crippen LogP contribution in [-0.2, 0) is 0 Å². The lowest BCUT2D eigenvalue weighted by Crippen LogP contribution is -2.47. The molecule has 3 rings (SSSR count). The molecular formula is C14H15ClFN5. The Hall–Kier alpha value is -2.08. The number of piperazine rings is 1. The lowest BCUT2D eigenvalue weighted by Gasteiger charge is -2.37. The number of halogens is 2.